The molecule has 0 heterocycles. The summed E-state index contributed by atoms with van der Waals surface area (Å²) in [7, 11) is -3.31. The summed E-state index contributed by atoms with van der Waals surface area (Å²) in [6, 6.07) is 11.6. The highest BCUT2D eigenvalue weighted by Crippen LogP contribution is 2.29. The molecule has 0 aromatic heterocycles. The number of azo groups is 1. The van der Waals surface area contributed by atoms with Crippen LogP contribution in [0.25, 0.3) is 0 Å². The van der Waals surface area contributed by atoms with Crippen molar-refractivity contribution in [1.82, 2.24) is 0 Å². The van der Waals surface area contributed by atoms with Crippen LogP contribution in [0.3, 0.4) is 0 Å². The summed E-state index contributed by atoms with van der Waals surface area (Å²) in [5.41, 5.74) is 1.89. The molecule has 2 rings (SSSR count). The Morgan fingerprint density at radius 2 is 1.80 bits per heavy atom. The molecule has 0 aliphatic rings. The van der Waals surface area contributed by atoms with Crippen molar-refractivity contribution in [3.63, 3.8) is 0 Å². The molecule has 0 aliphatic heterocycles. The minimum Gasteiger partial charge on any atom is -0.374 e. The number of nitrogens with zero attached hydrogens (tertiary/aromatic N) is 3. The maximum atomic E-state index is 11.5. The lowest BCUT2D eigenvalue weighted by Gasteiger charge is -2.26. The van der Waals surface area contributed by atoms with E-state index in [0.29, 0.717) is 17.9 Å². The molecule has 2 aromatic rings. The number of benzene rings is 2. The van der Waals surface area contributed by atoms with Gasteiger partial charge in [-0.25, -0.2) is 8.42 Å². The van der Waals surface area contributed by atoms with Gasteiger partial charge in [-0.05, 0) is 56.3 Å². The SMILES string of the molecule is CCN(c1ccc(/N=N\c2ccc(S(C)(=O)=O)cc2Cl)cc1)C(C)O. The number of halogens is 1. The summed E-state index contributed by atoms with van der Waals surface area (Å²) in [6.07, 6.45) is 0.540. The van der Waals surface area contributed by atoms with Gasteiger partial charge in [-0.3, -0.25) is 0 Å². The third-order valence-electron chi connectivity index (χ3n) is 3.59. The lowest BCUT2D eigenvalue weighted by Crippen LogP contribution is -2.32. The number of sulfone groups is 1. The first-order valence-corrected chi connectivity index (χ1v) is 9.95. The van der Waals surface area contributed by atoms with Gasteiger partial charge in [-0.1, -0.05) is 11.6 Å². The first kappa shape index (κ1) is 19.4. The molecule has 0 saturated heterocycles. The van der Waals surface area contributed by atoms with Gasteiger partial charge in [0.2, 0.25) is 0 Å². The summed E-state index contributed by atoms with van der Waals surface area (Å²) >= 11 is 6.07. The molecule has 0 bridgehead atoms. The molecule has 0 saturated carbocycles. The maximum absolute atomic E-state index is 11.5. The van der Waals surface area contributed by atoms with Crippen LogP contribution in [-0.2, 0) is 9.84 Å². The van der Waals surface area contributed by atoms with Gasteiger partial charge < -0.3 is 10.0 Å². The molecule has 0 amide bonds. The lowest BCUT2D eigenvalue weighted by atomic mass is 10.2. The van der Waals surface area contributed by atoms with Gasteiger partial charge >= 0.3 is 0 Å². The van der Waals surface area contributed by atoms with Crippen molar-refractivity contribution in [2.75, 3.05) is 17.7 Å². The van der Waals surface area contributed by atoms with Crippen LogP contribution >= 0.6 is 11.6 Å². The second-order valence-electron chi connectivity index (χ2n) is 5.52. The predicted molar refractivity (Wildman–Crippen MR) is 99.9 cm³/mol. The summed E-state index contributed by atoms with van der Waals surface area (Å²) in [5, 5.41) is 18.1. The van der Waals surface area contributed by atoms with Crippen LogP contribution in [0.2, 0.25) is 5.02 Å². The van der Waals surface area contributed by atoms with E-state index in [-0.39, 0.29) is 9.92 Å². The van der Waals surface area contributed by atoms with E-state index in [1.807, 2.05) is 24.0 Å². The zero-order valence-electron chi connectivity index (χ0n) is 14.2. The first-order chi connectivity index (χ1) is 11.7. The number of hydrogen-bond donors (Lipinski definition) is 1. The van der Waals surface area contributed by atoms with Gasteiger partial charge in [-0.15, -0.1) is 5.11 Å². The van der Waals surface area contributed by atoms with Crippen molar-refractivity contribution in [1.29, 1.82) is 0 Å². The van der Waals surface area contributed by atoms with E-state index in [0.717, 1.165) is 11.9 Å². The first-order valence-electron chi connectivity index (χ1n) is 7.68. The second-order valence-corrected chi connectivity index (χ2v) is 7.94. The molecule has 1 unspecified atom stereocenters. The van der Waals surface area contributed by atoms with Crippen LogP contribution in [0.1, 0.15) is 13.8 Å². The van der Waals surface area contributed by atoms with Crippen LogP contribution < -0.4 is 4.90 Å². The molecule has 8 heteroatoms. The Bertz CT molecular complexity index is 865. The van der Waals surface area contributed by atoms with E-state index < -0.39 is 16.1 Å². The number of aliphatic hydroxyl groups is 1. The highest BCUT2D eigenvalue weighted by atomic mass is 35.5. The maximum Gasteiger partial charge on any atom is 0.175 e. The monoisotopic (exact) mass is 381 g/mol. The third-order valence-corrected chi connectivity index (χ3v) is 5.01. The molecule has 2 aromatic carbocycles. The number of rotatable bonds is 6. The van der Waals surface area contributed by atoms with Gasteiger partial charge in [0, 0.05) is 18.5 Å². The zero-order valence-corrected chi connectivity index (χ0v) is 15.8. The Balaban J connectivity index is 2.20. The van der Waals surface area contributed by atoms with Gasteiger partial charge in [-0.2, -0.15) is 5.11 Å². The Labute approximate surface area is 152 Å². The topological polar surface area (TPSA) is 82.3 Å². The molecule has 1 N–H and O–H groups in total. The standard InChI is InChI=1S/C17H20ClN3O3S/c1-4-21(12(2)22)14-7-5-13(6-8-14)19-20-17-10-9-15(11-16(17)18)25(3,23)24/h5-12,22H,4H2,1-3H3/b20-19-. The number of hydrogen-bond acceptors (Lipinski definition) is 6. The molecular weight excluding hydrogens is 362 g/mol. The van der Waals surface area contributed by atoms with E-state index >= 15 is 0 Å². The molecule has 134 valence electrons. The van der Waals surface area contributed by atoms with Crippen LogP contribution in [-0.4, -0.2) is 32.6 Å². The Hall–Kier alpha value is -1.96. The number of aliphatic hydroxyl groups excluding tert-OH is 1. The van der Waals surface area contributed by atoms with Gasteiger partial charge in [0.1, 0.15) is 11.9 Å². The minimum absolute atomic E-state index is 0.138. The smallest absolute Gasteiger partial charge is 0.175 e. The second kappa shape index (κ2) is 7.95. The molecule has 1 atom stereocenters. The largest absolute Gasteiger partial charge is 0.374 e. The van der Waals surface area contributed by atoms with Crippen molar-refractivity contribution in [2.45, 2.75) is 25.0 Å². The van der Waals surface area contributed by atoms with E-state index in [9.17, 15) is 13.5 Å². The van der Waals surface area contributed by atoms with E-state index in [2.05, 4.69) is 10.2 Å². The molecule has 0 fully saturated rings. The molecule has 0 spiro atoms. The molecule has 6 nitrogen and oxygen atoms in total. The average Bonchev–Trinajstić information content (AvgIpc) is 2.54. The molecule has 25 heavy (non-hydrogen) atoms. The Morgan fingerprint density at radius 3 is 2.28 bits per heavy atom. The summed E-state index contributed by atoms with van der Waals surface area (Å²) in [5.74, 6) is 0. The van der Waals surface area contributed by atoms with Gasteiger partial charge in [0.25, 0.3) is 0 Å². The predicted octanol–water partition coefficient (Wildman–Crippen LogP) is 4.32. The highest BCUT2D eigenvalue weighted by molar-refractivity contribution is 7.90. The van der Waals surface area contributed by atoms with Crippen LogP contribution in [0.5, 0.6) is 0 Å². The van der Waals surface area contributed by atoms with E-state index in [1.54, 1.807) is 19.1 Å². The fourth-order valence-corrected chi connectivity index (χ4v) is 3.21. The average molecular weight is 382 g/mol. The van der Waals surface area contributed by atoms with Crippen LogP contribution in [0.4, 0.5) is 17.1 Å². The lowest BCUT2D eigenvalue weighted by molar-refractivity contribution is 0.190. The van der Waals surface area contributed by atoms with Crippen molar-refractivity contribution in [2.24, 2.45) is 10.2 Å². The minimum atomic E-state index is -3.31. The molecule has 0 aliphatic carbocycles. The van der Waals surface area contributed by atoms with Crippen LogP contribution in [0, 0.1) is 0 Å². The Kier molecular flexibility index (Phi) is 6.16. The van der Waals surface area contributed by atoms with Gasteiger partial charge in [0.15, 0.2) is 9.84 Å². The Morgan fingerprint density at radius 1 is 1.16 bits per heavy atom. The zero-order chi connectivity index (χ0) is 18.6. The highest BCUT2D eigenvalue weighted by Gasteiger charge is 2.10. The summed E-state index contributed by atoms with van der Waals surface area (Å²) in [6.45, 7) is 4.35. The molecular formula is C17H20ClN3O3S. The van der Waals surface area contributed by atoms with Crippen molar-refractivity contribution in [3.05, 3.63) is 47.5 Å². The molecule has 0 radical (unpaired) electrons. The summed E-state index contributed by atoms with van der Waals surface area (Å²) in [4.78, 5) is 1.97. The fraction of sp³-hybridized carbons (Fsp3) is 0.294. The summed E-state index contributed by atoms with van der Waals surface area (Å²) < 4.78 is 23.0. The van der Waals surface area contributed by atoms with Gasteiger partial charge in [0.05, 0.1) is 15.6 Å². The quantitative estimate of drug-likeness (QED) is 0.596. The van der Waals surface area contributed by atoms with E-state index in [4.69, 9.17) is 11.6 Å². The third kappa shape index (κ3) is 5.01. The fourth-order valence-electron chi connectivity index (χ4n) is 2.28. The van der Waals surface area contributed by atoms with E-state index in [1.165, 1.54) is 18.2 Å². The number of anilines is 1. The van der Waals surface area contributed by atoms with Crippen molar-refractivity contribution >= 4 is 38.5 Å². The van der Waals surface area contributed by atoms with Crippen molar-refractivity contribution in [3.8, 4) is 0 Å². The van der Waals surface area contributed by atoms with Crippen molar-refractivity contribution < 1.29 is 13.5 Å². The van der Waals surface area contributed by atoms with Crippen LogP contribution in [0.15, 0.2) is 57.6 Å². The normalized spacial score (nSPS) is 13.2.